The lowest BCUT2D eigenvalue weighted by Crippen LogP contribution is -2.25. The van der Waals surface area contributed by atoms with E-state index in [1.54, 1.807) is 12.1 Å². The summed E-state index contributed by atoms with van der Waals surface area (Å²) >= 11 is 1.53. The number of ether oxygens (including phenoxy) is 1. The first-order chi connectivity index (χ1) is 13.5. The van der Waals surface area contributed by atoms with Crippen molar-refractivity contribution in [1.82, 2.24) is 4.57 Å². The van der Waals surface area contributed by atoms with E-state index in [1.165, 1.54) is 23.5 Å². The van der Waals surface area contributed by atoms with Gasteiger partial charge in [-0.3, -0.25) is 4.79 Å². The molecule has 5 nitrogen and oxygen atoms in total. The smallest absolute Gasteiger partial charge is 0.262 e. The summed E-state index contributed by atoms with van der Waals surface area (Å²) in [5.74, 6) is 0.655. The number of hydrogen-bond acceptors (Lipinski definition) is 4. The monoisotopic (exact) mass is 397 g/mol. The number of hydrogen-bond donors (Lipinski definition) is 1. The molecule has 0 saturated heterocycles. The van der Waals surface area contributed by atoms with E-state index in [2.05, 4.69) is 29.1 Å². The molecule has 7 heteroatoms. The summed E-state index contributed by atoms with van der Waals surface area (Å²) in [6.45, 7) is 5.13. The maximum Gasteiger partial charge on any atom is 0.262 e. The maximum absolute atomic E-state index is 13.2. The molecule has 0 radical (unpaired) electrons. The molecule has 144 valence electrons. The first kappa shape index (κ1) is 18.4. The third-order valence-corrected chi connectivity index (χ3v) is 5.17. The molecule has 0 bridgehead atoms. The van der Waals surface area contributed by atoms with Crippen LogP contribution in [-0.2, 0) is 11.3 Å². The lowest BCUT2D eigenvalue weighted by Gasteiger charge is -2.19. The number of thiazole rings is 1. The number of carbonyl (C=O) groups excluding carboxylic acids is 1. The first-order valence-electron chi connectivity index (χ1n) is 9.05. The summed E-state index contributed by atoms with van der Waals surface area (Å²) in [5, 5.41) is 4.91. The predicted molar refractivity (Wildman–Crippen MR) is 108 cm³/mol. The van der Waals surface area contributed by atoms with Gasteiger partial charge in [0.2, 0.25) is 0 Å². The summed E-state index contributed by atoms with van der Waals surface area (Å²) in [7, 11) is 0. The van der Waals surface area contributed by atoms with Crippen molar-refractivity contribution >= 4 is 28.6 Å². The molecule has 0 atom stereocenters. The standard InChI is InChI=1S/C21H20FN3O2S/c1-13(2)10-25-18(12-28-21(25)23-16-6-4-15(22)5-7-16)14-3-8-19-17(9-14)24-20(26)11-27-19/h3-9,12-13H,10-11H2,1-2H3,(H,24,26). The maximum atomic E-state index is 13.2. The Kier molecular flexibility index (Phi) is 5.00. The molecule has 1 amide bonds. The number of nitrogens with one attached hydrogen (secondary N) is 1. The average molecular weight is 397 g/mol. The van der Waals surface area contributed by atoms with Gasteiger partial charge in [0.25, 0.3) is 5.91 Å². The molecule has 0 aliphatic carbocycles. The minimum atomic E-state index is -0.279. The van der Waals surface area contributed by atoms with Crippen LogP contribution >= 0.6 is 11.3 Å². The van der Waals surface area contributed by atoms with E-state index in [1.807, 2.05) is 18.2 Å². The summed E-state index contributed by atoms with van der Waals surface area (Å²) in [6, 6.07) is 11.9. The zero-order valence-electron chi connectivity index (χ0n) is 15.6. The molecule has 1 aromatic heterocycles. The fraction of sp³-hybridized carbons (Fsp3) is 0.238. The highest BCUT2D eigenvalue weighted by atomic mass is 32.1. The van der Waals surface area contributed by atoms with Gasteiger partial charge in [0, 0.05) is 17.5 Å². The van der Waals surface area contributed by atoms with Gasteiger partial charge in [0.15, 0.2) is 11.4 Å². The Hall–Kier alpha value is -2.93. The van der Waals surface area contributed by atoms with Gasteiger partial charge in [-0.05, 0) is 48.4 Å². The molecule has 2 heterocycles. The second-order valence-electron chi connectivity index (χ2n) is 7.04. The van der Waals surface area contributed by atoms with E-state index in [-0.39, 0.29) is 18.3 Å². The predicted octanol–water partition coefficient (Wildman–Crippen LogP) is 4.58. The summed E-state index contributed by atoms with van der Waals surface area (Å²) < 4.78 is 20.8. The van der Waals surface area contributed by atoms with Crippen LogP contribution < -0.4 is 14.9 Å². The third kappa shape index (κ3) is 3.84. The molecule has 1 N–H and O–H groups in total. The van der Waals surface area contributed by atoms with Crippen LogP contribution in [0.2, 0.25) is 0 Å². The number of anilines is 1. The Bertz CT molecular complexity index is 1080. The fourth-order valence-electron chi connectivity index (χ4n) is 3.06. The van der Waals surface area contributed by atoms with Gasteiger partial charge in [0.1, 0.15) is 11.6 Å². The molecule has 4 rings (SSSR count). The minimum absolute atomic E-state index is 0.0405. The van der Waals surface area contributed by atoms with Gasteiger partial charge in [-0.15, -0.1) is 11.3 Å². The van der Waals surface area contributed by atoms with Crippen molar-refractivity contribution in [3.05, 3.63) is 58.5 Å². The van der Waals surface area contributed by atoms with Crippen molar-refractivity contribution < 1.29 is 13.9 Å². The molecule has 0 spiro atoms. The molecule has 3 aromatic rings. The number of aromatic nitrogens is 1. The van der Waals surface area contributed by atoms with Gasteiger partial charge >= 0.3 is 0 Å². The highest BCUT2D eigenvalue weighted by Gasteiger charge is 2.18. The average Bonchev–Trinajstić information content (AvgIpc) is 3.04. The first-order valence-corrected chi connectivity index (χ1v) is 9.93. The lowest BCUT2D eigenvalue weighted by molar-refractivity contribution is -0.118. The molecule has 0 saturated carbocycles. The van der Waals surface area contributed by atoms with Crippen molar-refractivity contribution in [2.24, 2.45) is 10.9 Å². The topological polar surface area (TPSA) is 55.6 Å². The highest BCUT2D eigenvalue weighted by molar-refractivity contribution is 7.07. The second-order valence-corrected chi connectivity index (χ2v) is 7.88. The van der Waals surface area contributed by atoms with Crippen LogP contribution in [0.15, 0.2) is 52.8 Å². The Balaban J connectivity index is 1.79. The van der Waals surface area contributed by atoms with Crippen molar-refractivity contribution in [2.75, 3.05) is 11.9 Å². The van der Waals surface area contributed by atoms with Gasteiger partial charge in [-0.2, -0.15) is 0 Å². The van der Waals surface area contributed by atoms with Crippen LogP contribution in [0.4, 0.5) is 15.8 Å². The van der Waals surface area contributed by atoms with Gasteiger partial charge in [-0.25, -0.2) is 9.38 Å². The second kappa shape index (κ2) is 7.59. The van der Waals surface area contributed by atoms with Crippen molar-refractivity contribution in [1.29, 1.82) is 0 Å². The Morgan fingerprint density at radius 2 is 2.04 bits per heavy atom. The van der Waals surface area contributed by atoms with E-state index in [4.69, 9.17) is 9.73 Å². The largest absolute Gasteiger partial charge is 0.482 e. The van der Waals surface area contributed by atoms with Crippen LogP contribution in [0.1, 0.15) is 13.8 Å². The van der Waals surface area contributed by atoms with E-state index < -0.39 is 0 Å². The van der Waals surface area contributed by atoms with Crippen LogP contribution in [0.25, 0.3) is 11.3 Å². The molecule has 0 unspecified atom stereocenters. The third-order valence-electron chi connectivity index (χ3n) is 4.30. The fourth-order valence-corrected chi connectivity index (χ4v) is 4.00. The molecule has 0 fully saturated rings. The highest BCUT2D eigenvalue weighted by Crippen LogP contribution is 2.33. The van der Waals surface area contributed by atoms with Crippen LogP contribution in [0, 0.1) is 11.7 Å². The summed E-state index contributed by atoms with van der Waals surface area (Å²) in [5.41, 5.74) is 3.37. The van der Waals surface area contributed by atoms with Crippen molar-refractivity contribution in [3.8, 4) is 17.0 Å². The number of amides is 1. The molecular weight excluding hydrogens is 377 g/mol. The number of nitrogens with zero attached hydrogens (tertiary/aromatic N) is 2. The van der Waals surface area contributed by atoms with Crippen molar-refractivity contribution in [2.45, 2.75) is 20.4 Å². The number of benzene rings is 2. The molecule has 1 aliphatic rings. The quantitative estimate of drug-likeness (QED) is 0.701. The number of halogens is 1. The van der Waals surface area contributed by atoms with Gasteiger partial charge in [0.05, 0.1) is 17.1 Å². The summed E-state index contributed by atoms with van der Waals surface area (Å²) in [6.07, 6.45) is 0. The number of rotatable bonds is 4. The molecule has 1 aliphatic heterocycles. The van der Waals surface area contributed by atoms with E-state index in [0.29, 0.717) is 23.0 Å². The zero-order valence-corrected chi connectivity index (χ0v) is 16.4. The van der Waals surface area contributed by atoms with Gasteiger partial charge < -0.3 is 14.6 Å². The lowest BCUT2D eigenvalue weighted by atomic mass is 10.1. The van der Waals surface area contributed by atoms with Crippen LogP contribution in [-0.4, -0.2) is 17.1 Å². The Labute approximate surface area is 166 Å². The molecular formula is C21H20FN3O2S. The SMILES string of the molecule is CC(C)Cn1c(-c2ccc3c(c2)NC(=O)CO3)csc1=Nc1ccc(F)cc1. The molecule has 2 aromatic carbocycles. The number of carbonyl (C=O) groups is 1. The summed E-state index contributed by atoms with van der Waals surface area (Å²) in [4.78, 5) is 17.2. The van der Waals surface area contributed by atoms with E-state index >= 15 is 0 Å². The number of fused-ring (bicyclic) bond motifs is 1. The Morgan fingerprint density at radius 1 is 1.25 bits per heavy atom. The molecule has 28 heavy (non-hydrogen) atoms. The van der Waals surface area contributed by atoms with E-state index in [9.17, 15) is 9.18 Å². The van der Waals surface area contributed by atoms with Gasteiger partial charge in [-0.1, -0.05) is 13.8 Å². The van der Waals surface area contributed by atoms with Crippen LogP contribution in [0.5, 0.6) is 5.75 Å². The van der Waals surface area contributed by atoms with Crippen LogP contribution in [0.3, 0.4) is 0 Å². The Morgan fingerprint density at radius 3 is 2.79 bits per heavy atom. The minimum Gasteiger partial charge on any atom is -0.482 e. The van der Waals surface area contributed by atoms with E-state index in [0.717, 1.165) is 22.6 Å². The van der Waals surface area contributed by atoms with Crippen molar-refractivity contribution in [3.63, 3.8) is 0 Å². The normalized spacial score (nSPS) is 14.0. The zero-order chi connectivity index (χ0) is 19.7.